The standard InChI is InChI=1S/C86H149NO8/c1-6-8-10-12-14-16-18-20-22-24-26-28-30-32-34-36-38-40-41-42-43-45-47-49-51-53-55-57-59-61-63-65-67-69-71-73-75-77-84(89)95-82(81-94-86(85(90)91)92-79-78-87(3,4)5)80-93-83(88)76-74-72-70-68-66-64-62-60-58-56-54-52-50-48-46-44-39-37-35-33-31-29-27-25-23-21-19-17-15-13-11-9-7-2/h8,10,14,16,20,22,26,28,32,34,38,40,42-43,47,49,53,55,59,61,82,86H,6-7,9,11-13,15,17-19,21,23-25,27,29-31,33,35-37,39,41,44-46,48,50-52,54,56-58,60,62-81H2,1-5H3/p+1/b10-8-,16-14-,22-20-,28-26-,34-32-,40-38-,43-42-,49-47-,55-53-,61-59-. The van der Waals surface area contributed by atoms with E-state index in [2.05, 4.69) is 135 Å². The Morgan fingerprint density at radius 3 is 0.895 bits per heavy atom. The fourth-order valence-corrected chi connectivity index (χ4v) is 11.2. The summed E-state index contributed by atoms with van der Waals surface area (Å²) in [4.78, 5) is 37.7. The molecule has 0 saturated carbocycles. The molecule has 0 bridgehead atoms. The molecule has 546 valence electrons. The molecule has 0 heterocycles. The maximum Gasteiger partial charge on any atom is 0.361 e. The van der Waals surface area contributed by atoms with Crippen LogP contribution in [0.1, 0.15) is 348 Å². The Morgan fingerprint density at radius 2 is 0.600 bits per heavy atom. The average molecular weight is 1330 g/mol. The first-order valence-corrected chi connectivity index (χ1v) is 39.7. The number of hydrogen-bond acceptors (Lipinski definition) is 7. The van der Waals surface area contributed by atoms with Gasteiger partial charge in [0, 0.05) is 12.8 Å². The molecule has 0 aliphatic rings. The molecule has 9 nitrogen and oxygen atoms in total. The zero-order chi connectivity index (χ0) is 69.0. The zero-order valence-corrected chi connectivity index (χ0v) is 62.6. The Labute approximate surface area is 587 Å². The minimum absolute atomic E-state index is 0.180. The van der Waals surface area contributed by atoms with Gasteiger partial charge in [-0.2, -0.15) is 0 Å². The Hall–Kier alpha value is -4.31. The number of likely N-dealkylation sites (N-methyl/N-ethyl adjacent to an activating group) is 1. The van der Waals surface area contributed by atoms with E-state index in [-0.39, 0.29) is 32.2 Å². The van der Waals surface area contributed by atoms with E-state index in [0.29, 0.717) is 23.9 Å². The maximum atomic E-state index is 13.0. The van der Waals surface area contributed by atoms with E-state index in [1.54, 1.807) is 0 Å². The fraction of sp³-hybridized carbons (Fsp3) is 0.733. The number of carbonyl (C=O) groups is 3. The second-order valence-electron chi connectivity index (χ2n) is 27.7. The van der Waals surface area contributed by atoms with Crippen molar-refractivity contribution in [2.24, 2.45) is 0 Å². The number of unbranched alkanes of at least 4 members (excludes halogenated alkanes) is 38. The summed E-state index contributed by atoms with van der Waals surface area (Å²) in [5.41, 5.74) is 0. The third-order valence-corrected chi connectivity index (χ3v) is 17.2. The summed E-state index contributed by atoms with van der Waals surface area (Å²) in [5.74, 6) is -2.02. The number of allylic oxidation sites excluding steroid dienone is 20. The number of carboxylic acid groups (broad SMARTS) is 1. The number of carboxylic acids is 1. The van der Waals surface area contributed by atoms with Gasteiger partial charge in [-0.1, -0.05) is 367 Å². The Morgan fingerprint density at radius 1 is 0.326 bits per heavy atom. The second kappa shape index (κ2) is 75.5. The number of nitrogens with zero attached hydrogens (tertiary/aromatic N) is 1. The molecule has 9 heteroatoms. The lowest BCUT2D eigenvalue weighted by Crippen LogP contribution is -2.40. The van der Waals surface area contributed by atoms with E-state index in [1.165, 1.54) is 193 Å². The van der Waals surface area contributed by atoms with Crippen LogP contribution >= 0.6 is 0 Å². The molecule has 0 rings (SSSR count). The van der Waals surface area contributed by atoms with Crippen LogP contribution in [-0.2, 0) is 33.3 Å². The molecule has 0 radical (unpaired) electrons. The van der Waals surface area contributed by atoms with Gasteiger partial charge in [0.15, 0.2) is 6.10 Å². The fourth-order valence-electron chi connectivity index (χ4n) is 11.2. The van der Waals surface area contributed by atoms with E-state index in [9.17, 15) is 19.5 Å². The lowest BCUT2D eigenvalue weighted by molar-refractivity contribution is -0.870. The van der Waals surface area contributed by atoms with Crippen molar-refractivity contribution in [3.05, 3.63) is 122 Å². The molecule has 0 aliphatic carbocycles. The average Bonchev–Trinajstić information content (AvgIpc) is 3.75. The number of carbonyl (C=O) groups excluding carboxylic acids is 2. The van der Waals surface area contributed by atoms with Crippen molar-refractivity contribution in [1.29, 1.82) is 0 Å². The predicted octanol–water partition coefficient (Wildman–Crippen LogP) is 25.5. The molecule has 0 fully saturated rings. The molecule has 1 N–H and O–H groups in total. The highest BCUT2D eigenvalue weighted by Crippen LogP contribution is 2.19. The molecule has 0 spiro atoms. The van der Waals surface area contributed by atoms with Crippen LogP contribution in [0.15, 0.2) is 122 Å². The molecule has 0 aliphatic heterocycles. The van der Waals surface area contributed by atoms with Crippen LogP contribution in [0, 0.1) is 0 Å². The van der Waals surface area contributed by atoms with E-state index in [0.717, 1.165) is 122 Å². The van der Waals surface area contributed by atoms with Crippen LogP contribution in [0.3, 0.4) is 0 Å². The third kappa shape index (κ3) is 76.9. The lowest BCUT2D eigenvalue weighted by Gasteiger charge is -2.25. The van der Waals surface area contributed by atoms with E-state index in [4.69, 9.17) is 18.9 Å². The van der Waals surface area contributed by atoms with Crippen LogP contribution in [0.2, 0.25) is 0 Å². The smallest absolute Gasteiger partial charge is 0.361 e. The Kier molecular flexibility index (Phi) is 72.0. The highest BCUT2D eigenvalue weighted by Gasteiger charge is 2.25. The third-order valence-electron chi connectivity index (χ3n) is 17.2. The number of hydrogen-bond donors (Lipinski definition) is 1. The Bertz CT molecular complexity index is 1980. The van der Waals surface area contributed by atoms with Gasteiger partial charge in [-0.05, 0) is 89.9 Å². The van der Waals surface area contributed by atoms with Crippen molar-refractivity contribution in [2.45, 2.75) is 360 Å². The van der Waals surface area contributed by atoms with Gasteiger partial charge in [0.2, 0.25) is 0 Å². The number of esters is 2. The maximum absolute atomic E-state index is 13.0. The van der Waals surface area contributed by atoms with Gasteiger partial charge >= 0.3 is 17.9 Å². The molecule has 2 unspecified atom stereocenters. The predicted molar refractivity (Wildman–Crippen MR) is 410 cm³/mol. The minimum Gasteiger partial charge on any atom is -0.477 e. The van der Waals surface area contributed by atoms with Crippen molar-refractivity contribution in [3.63, 3.8) is 0 Å². The lowest BCUT2D eigenvalue weighted by atomic mass is 10.0. The largest absolute Gasteiger partial charge is 0.477 e. The normalized spacial score (nSPS) is 13.3. The van der Waals surface area contributed by atoms with Crippen molar-refractivity contribution in [3.8, 4) is 0 Å². The van der Waals surface area contributed by atoms with Crippen LogP contribution in [0.25, 0.3) is 0 Å². The first-order valence-electron chi connectivity index (χ1n) is 39.7. The number of rotatable bonds is 73. The van der Waals surface area contributed by atoms with Crippen LogP contribution in [0.5, 0.6) is 0 Å². The minimum atomic E-state index is -1.52. The van der Waals surface area contributed by atoms with Crippen molar-refractivity contribution >= 4 is 17.9 Å². The molecular formula is C86H150NO8+. The molecule has 0 aromatic carbocycles. The summed E-state index contributed by atoms with van der Waals surface area (Å²) in [6, 6.07) is 0. The summed E-state index contributed by atoms with van der Waals surface area (Å²) in [5, 5.41) is 9.77. The number of quaternary nitrogens is 1. The highest BCUT2D eigenvalue weighted by atomic mass is 16.7. The summed E-state index contributed by atoms with van der Waals surface area (Å²) >= 11 is 0. The SMILES string of the molecule is CC/C=C\C/C=C\C/C=C\C/C=C\C/C=C\C/C=C\C/C=C\C/C=C\C/C=C\C/C=C\CCCCCCCCC(=O)OC(COC(=O)CCCCCCCCCCCCCCCCCCCCCCCCCCCCCCCCCCC)COC(OCC[N+](C)(C)C)C(=O)O. The van der Waals surface area contributed by atoms with E-state index in [1.807, 2.05) is 21.1 Å². The van der Waals surface area contributed by atoms with Gasteiger partial charge in [0.05, 0.1) is 34.4 Å². The van der Waals surface area contributed by atoms with Crippen molar-refractivity contribution in [1.82, 2.24) is 0 Å². The molecule has 0 aromatic rings. The second-order valence-corrected chi connectivity index (χ2v) is 27.7. The summed E-state index contributed by atoms with van der Waals surface area (Å²) in [6.07, 6.45) is 105. The molecule has 0 amide bonds. The van der Waals surface area contributed by atoms with Crippen molar-refractivity contribution < 1.29 is 42.9 Å². The quantitative estimate of drug-likeness (QED) is 0.0211. The molecule has 95 heavy (non-hydrogen) atoms. The summed E-state index contributed by atoms with van der Waals surface area (Å²) in [6.45, 7) is 4.78. The van der Waals surface area contributed by atoms with Gasteiger partial charge in [0.1, 0.15) is 13.2 Å². The van der Waals surface area contributed by atoms with Crippen LogP contribution in [-0.4, -0.2) is 87.4 Å². The zero-order valence-electron chi connectivity index (χ0n) is 62.6. The number of aliphatic carboxylic acids is 1. The first-order chi connectivity index (χ1) is 46.6. The van der Waals surface area contributed by atoms with E-state index >= 15 is 0 Å². The monoisotopic (exact) mass is 1330 g/mol. The number of ether oxygens (including phenoxy) is 4. The van der Waals surface area contributed by atoms with Gasteiger partial charge in [-0.25, -0.2) is 4.79 Å². The molecular weight excluding hydrogens is 1170 g/mol. The van der Waals surface area contributed by atoms with E-state index < -0.39 is 24.3 Å². The molecule has 2 atom stereocenters. The first kappa shape index (κ1) is 90.7. The van der Waals surface area contributed by atoms with Gasteiger partial charge in [-0.3, -0.25) is 9.59 Å². The van der Waals surface area contributed by atoms with Crippen LogP contribution in [0.4, 0.5) is 0 Å². The molecule has 0 aromatic heterocycles. The molecule has 0 saturated heterocycles. The summed E-state index contributed by atoms with van der Waals surface area (Å²) in [7, 11) is 5.98. The van der Waals surface area contributed by atoms with Gasteiger partial charge < -0.3 is 28.5 Å². The van der Waals surface area contributed by atoms with Crippen LogP contribution < -0.4 is 0 Å². The summed E-state index contributed by atoms with van der Waals surface area (Å²) < 4.78 is 23.0. The van der Waals surface area contributed by atoms with Gasteiger partial charge in [0.25, 0.3) is 6.29 Å². The highest BCUT2D eigenvalue weighted by molar-refractivity contribution is 5.71. The van der Waals surface area contributed by atoms with Gasteiger partial charge in [-0.15, -0.1) is 0 Å². The Balaban J connectivity index is 4.10. The van der Waals surface area contributed by atoms with Crippen molar-refractivity contribution in [2.75, 3.05) is 47.5 Å². The topological polar surface area (TPSA) is 108 Å².